The summed E-state index contributed by atoms with van der Waals surface area (Å²) < 4.78 is 0. The molecular formula is C14H20N2O2S. The average Bonchev–Trinajstić information content (AvgIpc) is 3.13. The van der Waals surface area contributed by atoms with Crippen molar-refractivity contribution in [3.8, 4) is 0 Å². The maximum absolute atomic E-state index is 12.2. The molecule has 0 saturated heterocycles. The summed E-state index contributed by atoms with van der Waals surface area (Å²) in [4.78, 5) is 17.5. The van der Waals surface area contributed by atoms with Gasteiger partial charge in [0.05, 0.1) is 0 Å². The van der Waals surface area contributed by atoms with Crippen LogP contribution in [0.25, 0.3) is 0 Å². The number of nitrogens with one attached hydrogen (secondary N) is 1. The lowest BCUT2D eigenvalue weighted by Gasteiger charge is -2.30. The predicted molar refractivity (Wildman–Crippen MR) is 74.2 cm³/mol. The lowest BCUT2D eigenvalue weighted by Crippen LogP contribution is -2.45. The van der Waals surface area contributed by atoms with Gasteiger partial charge in [-0.15, -0.1) is 11.3 Å². The maximum Gasteiger partial charge on any atom is 0.280 e. The molecule has 3 rings (SSSR count). The zero-order valence-corrected chi connectivity index (χ0v) is 11.9. The van der Waals surface area contributed by atoms with Crippen LogP contribution in [0.4, 0.5) is 0 Å². The van der Waals surface area contributed by atoms with E-state index >= 15 is 0 Å². The number of thiazole rings is 1. The maximum atomic E-state index is 12.2. The van der Waals surface area contributed by atoms with Crippen molar-refractivity contribution in [3.05, 3.63) is 16.1 Å². The van der Waals surface area contributed by atoms with Gasteiger partial charge in [0.2, 0.25) is 0 Å². The highest BCUT2D eigenvalue weighted by Crippen LogP contribution is 2.48. The summed E-state index contributed by atoms with van der Waals surface area (Å²) in [5, 5.41) is 13.2. The van der Waals surface area contributed by atoms with Crippen LogP contribution in [-0.2, 0) is 6.42 Å². The molecule has 5 heteroatoms. The Morgan fingerprint density at radius 1 is 1.53 bits per heavy atom. The molecule has 2 aliphatic carbocycles. The van der Waals surface area contributed by atoms with Crippen molar-refractivity contribution in [2.75, 3.05) is 6.61 Å². The van der Waals surface area contributed by atoms with Crippen molar-refractivity contribution in [1.82, 2.24) is 10.3 Å². The van der Waals surface area contributed by atoms with E-state index < -0.39 is 0 Å². The summed E-state index contributed by atoms with van der Waals surface area (Å²) >= 11 is 1.47. The third-order valence-electron chi connectivity index (χ3n) is 4.69. The van der Waals surface area contributed by atoms with Crippen LogP contribution < -0.4 is 5.32 Å². The number of aromatic nitrogens is 1. The Morgan fingerprint density at radius 2 is 2.32 bits per heavy atom. The molecule has 2 fully saturated rings. The molecule has 4 nitrogen and oxygen atoms in total. The van der Waals surface area contributed by atoms with E-state index in [4.69, 9.17) is 0 Å². The van der Waals surface area contributed by atoms with Crippen LogP contribution in [0.15, 0.2) is 6.20 Å². The van der Waals surface area contributed by atoms with Crippen LogP contribution >= 0.6 is 11.3 Å². The van der Waals surface area contributed by atoms with Crippen LogP contribution in [0.5, 0.6) is 0 Å². The minimum Gasteiger partial charge on any atom is -0.396 e. The van der Waals surface area contributed by atoms with E-state index in [1.807, 2.05) is 0 Å². The fourth-order valence-corrected chi connectivity index (χ4v) is 4.44. The zero-order valence-electron chi connectivity index (χ0n) is 11.1. The molecule has 2 N–H and O–H groups in total. The Morgan fingerprint density at radius 3 is 3.00 bits per heavy atom. The third-order valence-corrected chi connectivity index (χ3v) is 5.83. The van der Waals surface area contributed by atoms with E-state index in [1.165, 1.54) is 24.2 Å². The van der Waals surface area contributed by atoms with Crippen molar-refractivity contribution in [3.63, 3.8) is 0 Å². The zero-order chi connectivity index (χ0) is 13.4. The number of aliphatic hydroxyl groups excluding tert-OH is 1. The molecule has 2 aliphatic rings. The Balaban J connectivity index is 1.69. The van der Waals surface area contributed by atoms with Crippen LogP contribution in [0, 0.1) is 17.8 Å². The Labute approximate surface area is 117 Å². The first-order valence-corrected chi connectivity index (χ1v) is 7.91. The second-order valence-corrected chi connectivity index (χ2v) is 6.78. The van der Waals surface area contributed by atoms with E-state index in [2.05, 4.69) is 17.2 Å². The van der Waals surface area contributed by atoms with Crippen molar-refractivity contribution in [1.29, 1.82) is 0 Å². The topological polar surface area (TPSA) is 62.2 Å². The molecule has 2 bridgehead atoms. The van der Waals surface area contributed by atoms with Gasteiger partial charge in [-0.25, -0.2) is 4.98 Å². The van der Waals surface area contributed by atoms with Gasteiger partial charge in [0.1, 0.15) is 0 Å². The first-order valence-electron chi connectivity index (χ1n) is 7.09. The second-order valence-electron chi connectivity index (χ2n) is 5.66. The SMILES string of the molecule is CCc1cnc(C(=O)N[C@@H]2[C@H]3CC[C@@H](C3)[C@H]2CO)s1. The minimum absolute atomic E-state index is 0.0688. The summed E-state index contributed by atoms with van der Waals surface area (Å²) in [5.41, 5.74) is 0. The van der Waals surface area contributed by atoms with E-state index in [-0.39, 0.29) is 24.5 Å². The fraction of sp³-hybridized carbons (Fsp3) is 0.714. The molecule has 0 radical (unpaired) electrons. The van der Waals surface area contributed by atoms with Crippen molar-refractivity contribution < 1.29 is 9.90 Å². The average molecular weight is 280 g/mol. The van der Waals surface area contributed by atoms with E-state index in [0.29, 0.717) is 16.8 Å². The quantitative estimate of drug-likeness (QED) is 0.884. The smallest absolute Gasteiger partial charge is 0.280 e. The van der Waals surface area contributed by atoms with Crippen LogP contribution in [0.1, 0.15) is 40.9 Å². The summed E-state index contributed by atoms with van der Waals surface area (Å²) in [6.45, 7) is 2.25. The van der Waals surface area contributed by atoms with Crippen LogP contribution in [0.2, 0.25) is 0 Å². The molecule has 1 aromatic heterocycles. The highest BCUT2D eigenvalue weighted by atomic mass is 32.1. The number of aryl methyl sites for hydroxylation is 1. The molecule has 104 valence electrons. The number of hydrogen-bond donors (Lipinski definition) is 2. The summed E-state index contributed by atoms with van der Waals surface area (Å²) in [6, 6.07) is 0.144. The van der Waals surface area contributed by atoms with Crippen molar-refractivity contribution in [2.24, 2.45) is 17.8 Å². The standard InChI is InChI=1S/C14H20N2O2S/c1-2-10-6-15-14(19-10)13(18)16-12-9-4-3-8(5-9)11(12)7-17/h6,8-9,11-12,17H,2-5,7H2,1H3,(H,16,18)/t8-,9-,11+,12+/m0/s1. The normalized spacial score (nSPS) is 32.7. The minimum atomic E-state index is -0.0688. The molecule has 0 unspecified atom stereocenters. The molecule has 1 amide bonds. The summed E-state index contributed by atoms with van der Waals surface area (Å²) in [6.07, 6.45) is 6.25. The molecule has 19 heavy (non-hydrogen) atoms. The van der Waals surface area contributed by atoms with Gasteiger partial charge in [-0.3, -0.25) is 4.79 Å². The molecule has 0 spiro atoms. The summed E-state index contributed by atoms with van der Waals surface area (Å²) in [7, 11) is 0. The Hall–Kier alpha value is -0.940. The lowest BCUT2D eigenvalue weighted by molar-refractivity contribution is 0.0861. The number of amides is 1. The van der Waals surface area contributed by atoms with E-state index in [1.54, 1.807) is 6.20 Å². The van der Waals surface area contributed by atoms with Gasteiger partial charge in [-0.2, -0.15) is 0 Å². The highest BCUT2D eigenvalue weighted by Gasteiger charge is 2.47. The number of fused-ring (bicyclic) bond motifs is 2. The van der Waals surface area contributed by atoms with Gasteiger partial charge < -0.3 is 10.4 Å². The van der Waals surface area contributed by atoms with Gasteiger partial charge in [0.15, 0.2) is 5.01 Å². The molecule has 0 aromatic carbocycles. The molecule has 4 atom stereocenters. The van der Waals surface area contributed by atoms with Crippen LogP contribution in [-0.4, -0.2) is 28.6 Å². The fourth-order valence-electron chi connectivity index (χ4n) is 3.69. The number of rotatable bonds is 4. The molecule has 0 aliphatic heterocycles. The second kappa shape index (κ2) is 5.21. The van der Waals surface area contributed by atoms with E-state index in [9.17, 15) is 9.90 Å². The number of aliphatic hydroxyl groups is 1. The molecule has 1 heterocycles. The Bertz CT molecular complexity index is 474. The third kappa shape index (κ3) is 2.30. The van der Waals surface area contributed by atoms with Crippen molar-refractivity contribution in [2.45, 2.75) is 38.6 Å². The molecule has 2 saturated carbocycles. The predicted octanol–water partition coefficient (Wildman–Crippen LogP) is 1.84. The first kappa shape index (κ1) is 13.1. The van der Waals surface area contributed by atoms with Gasteiger partial charge in [-0.05, 0) is 37.5 Å². The van der Waals surface area contributed by atoms with Gasteiger partial charge >= 0.3 is 0 Å². The summed E-state index contributed by atoms with van der Waals surface area (Å²) in [5.74, 6) is 1.33. The van der Waals surface area contributed by atoms with Gasteiger partial charge in [0.25, 0.3) is 5.91 Å². The monoisotopic (exact) mass is 280 g/mol. The van der Waals surface area contributed by atoms with Crippen LogP contribution in [0.3, 0.4) is 0 Å². The molecule has 1 aromatic rings. The van der Waals surface area contributed by atoms with Crippen molar-refractivity contribution >= 4 is 17.2 Å². The van der Waals surface area contributed by atoms with Gasteiger partial charge in [-0.1, -0.05) is 6.92 Å². The lowest BCUT2D eigenvalue weighted by atomic mass is 9.85. The number of carbonyl (C=O) groups is 1. The number of nitrogens with zero attached hydrogens (tertiary/aromatic N) is 1. The molecular weight excluding hydrogens is 260 g/mol. The largest absolute Gasteiger partial charge is 0.396 e. The van der Waals surface area contributed by atoms with Gasteiger partial charge in [0, 0.05) is 29.6 Å². The first-order chi connectivity index (χ1) is 9.22. The number of hydrogen-bond acceptors (Lipinski definition) is 4. The Kier molecular flexibility index (Phi) is 3.58. The highest BCUT2D eigenvalue weighted by molar-refractivity contribution is 7.13. The van der Waals surface area contributed by atoms with E-state index in [0.717, 1.165) is 17.7 Å². The number of carbonyl (C=O) groups excluding carboxylic acids is 1.